The summed E-state index contributed by atoms with van der Waals surface area (Å²) in [5.74, 6) is 0.518. The fraction of sp³-hybridized carbons (Fsp3) is 0.375. The fourth-order valence-electron chi connectivity index (χ4n) is 0.814. The number of carbonyl (C=O) groups excluding carboxylic acids is 1. The Morgan fingerprint density at radius 3 is 2.79 bits per heavy atom. The molecule has 0 fully saturated rings. The van der Waals surface area contributed by atoms with Crippen LogP contribution in [-0.2, 0) is 0 Å². The van der Waals surface area contributed by atoms with E-state index in [0.717, 1.165) is 14.7 Å². The van der Waals surface area contributed by atoms with Crippen LogP contribution in [-0.4, -0.2) is 18.3 Å². The topological polar surface area (TPSA) is 29.1 Å². The smallest absolute Gasteiger partial charge is 0.261 e. The molecule has 6 heteroatoms. The monoisotopic (exact) mass is 359 g/mol. The van der Waals surface area contributed by atoms with Crippen molar-refractivity contribution in [1.29, 1.82) is 0 Å². The Bertz CT molecular complexity index is 310. The maximum atomic E-state index is 11.5. The quantitative estimate of drug-likeness (QED) is 0.644. The van der Waals surface area contributed by atoms with Crippen LogP contribution in [0.2, 0.25) is 0 Å². The summed E-state index contributed by atoms with van der Waals surface area (Å²) in [4.78, 5) is 12.2. The third-order valence-electron chi connectivity index (χ3n) is 1.46. The molecule has 0 aliphatic heterocycles. The number of alkyl halides is 1. The molecule has 0 saturated heterocycles. The molecule has 0 aliphatic rings. The number of hydrogen-bond donors (Lipinski definition) is 1. The Labute approximate surface area is 108 Å². The summed E-state index contributed by atoms with van der Waals surface area (Å²) in [5, 5.41) is 2.79. The van der Waals surface area contributed by atoms with Gasteiger partial charge in [-0.25, -0.2) is 0 Å². The molecule has 1 N–H and O–H groups in total. The third kappa shape index (κ3) is 3.53. The van der Waals surface area contributed by atoms with Gasteiger partial charge in [-0.15, -0.1) is 22.9 Å². The van der Waals surface area contributed by atoms with E-state index in [0.29, 0.717) is 17.3 Å². The van der Waals surface area contributed by atoms with Gasteiger partial charge in [0.2, 0.25) is 0 Å². The summed E-state index contributed by atoms with van der Waals surface area (Å²) in [6, 6.07) is 1.80. The second kappa shape index (κ2) is 6.10. The van der Waals surface area contributed by atoms with Gasteiger partial charge in [0.25, 0.3) is 5.91 Å². The predicted octanol–water partition coefficient (Wildman–Crippen LogP) is 3.63. The maximum Gasteiger partial charge on any atom is 0.261 e. The number of hydrogen-bond acceptors (Lipinski definition) is 2. The van der Waals surface area contributed by atoms with Crippen LogP contribution in [0.15, 0.2) is 14.3 Å². The second-order valence-electron chi connectivity index (χ2n) is 2.53. The molecule has 78 valence electrons. The van der Waals surface area contributed by atoms with Gasteiger partial charge in [0.1, 0.15) is 0 Å². The van der Waals surface area contributed by atoms with E-state index in [2.05, 4.69) is 37.2 Å². The highest BCUT2D eigenvalue weighted by Gasteiger charge is 2.10. The van der Waals surface area contributed by atoms with Crippen molar-refractivity contribution in [1.82, 2.24) is 5.32 Å². The molecule has 0 aromatic carbocycles. The van der Waals surface area contributed by atoms with Crippen LogP contribution in [0, 0.1) is 0 Å². The first-order valence-corrected chi connectivity index (χ1v) is 6.88. The second-order valence-corrected chi connectivity index (χ2v) is 6.13. The minimum atomic E-state index is -0.0495. The van der Waals surface area contributed by atoms with Crippen molar-refractivity contribution in [2.75, 3.05) is 12.4 Å². The van der Waals surface area contributed by atoms with Crippen molar-refractivity contribution < 1.29 is 4.79 Å². The summed E-state index contributed by atoms with van der Waals surface area (Å²) in [6.45, 7) is 0.621. The van der Waals surface area contributed by atoms with Gasteiger partial charge in [0, 0.05) is 16.9 Å². The Hall–Kier alpha value is 0.420. The van der Waals surface area contributed by atoms with Crippen LogP contribution in [0.25, 0.3) is 0 Å². The molecule has 0 saturated carbocycles. The number of rotatable bonds is 4. The van der Waals surface area contributed by atoms with Crippen LogP contribution in [0.1, 0.15) is 16.1 Å². The van der Waals surface area contributed by atoms with Gasteiger partial charge >= 0.3 is 0 Å². The zero-order chi connectivity index (χ0) is 10.6. The fourth-order valence-corrected chi connectivity index (χ4v) is 2.90. The highest BCUT2D eigenvalue weighted by atomic mass is 79.9. The Kier molecular flexibility index (Phi) is 5.44. The molecule has 0 spiro atoms. The zero-order valence-electron chi connectivity index (χ0n) is 7.15. The molecule has 1 heterocycles. The van der Waals surface area contributed by atoms with Gasteiger partial charge in [-0.1, -0.05) is 0 Å². The summed E-state index contributed by atoms with van der Waals surface area (Å²) in [7, 11) is 0. The molecule has 1 aromatic heterocycles. The van der Waals surface area contributed by atoms with E-state index in [4.69, 9.17) is 11.6 Å². The normalized spacial score (nSPS) is 10.2. The van der Waals surface area contributed by atoms with E-state index in [9.17, 15) is 4.79 Å². The van der Waals surface area contributed by atoms with E-state index >= 15 is 0 Å². The molecular weight excluding hydrogens is 353 g/mol. The molecule has 0 unspecified atom stereocenters. The lowest BCUT2D eigenvalue weighted by molar-refractivity contribution is 0.0958. The lowest BCUT2D eigenvalue weighted by Gasteiger charge is -2.00. The van der Waals surface area contributed by atoms with Gasteiger partial charge in [0.15, 0.2) is 0 Å². The van der Waals surface area contributed by atoms with Crippen molar-refractivity contribution in [2.24, 2.45) is 0 Å². The number of carbonyl (C=O) groups is 1. The van der Waals surface area contributed by atoms with Crippen molar-refractivity contribution in [3.8, 4) is 0 Å². The maximum absolute atomic E-state index is 11.5. The van der Waals surface area contributed by atoms with Crippen LogP contribution in [0.5, 0.6) is 0 Å². The standard InChI is InChI=1S/C8H8Br2ClNOS/c9-5-4-6(14-7(5)10)8(13)12-3-1-2-11/h4H,1-3H2,(H,12,13). The van der Waals surface area contributed by atoms with Crippen LogP contribution in [0.3, 0.4) is 0 Å². The molecule has 1 amide bonds. The lowest BCUT2D eigenvalue weighted by atomic mass is 10.4. The van der Waals surface area contributed by atoms with Crippen LogP contribution >= 0.6 is 54.8 Å². The largest absolute Gasteiger partial charge is 0.351 e. The highest BCUT2D eigenvalue weighted by molar-refractivity contribution is 9.13. The van der Waals surface area contributed by atoms with E-state index in [-0.39, 0.29) is 5.91 Å². The predicted molar refractivity (Wildman–Crippen MR) is 67.4 cm³/mol. The molecule has 0 atom stereocenters. The average Bonchev–Trinajstić information content (AvgIpc) is 2.47. The molecule has 0 bridgehead atoms. The SMILES string of the molecule is O=C(NCCCCl)c1cc(Br)c(Br)s1. The molecule has 0 aliphatic carbocycles. The number of halogens is 3. The molecule has 1 aromatic rings. The van der Waals surface area contributed by atoms with E-state index in [1.165, 1.54) is 11.3 Å². The number of amides is 1. The van der Waals surface area contributed by atoms with Crippen molar-refractivity contribution in [2.45, 2.75) is 6.42 Å². The summed E-state index contributed by atoms with van der Waals surface area (Å²) < 4.78 is 1.84. The molecule has 14 heavy (non-hydrogen) atoms. The Morgan fingerprint density at radius 2 is 2.29 bits per heavy atom. The van der Waals surface area contributed by atoms with Gasteiger partial charge < -0.3 is 5.32 Å². The Balaban J connectivity index is 2.52. The highest BCUT2D eigenvalue weighted by Crippen LogP contribution is 2.32. The van der Waals surface area contributed by atoms with Gasteiger partial charge in [-0.3, -0.25) is 4.79 Å². The average molecular weight is 361 g/mol. The van der Waals surface area contributed by atoms with E-state index in [1.807, 2.05) is 0 Å². The van der Waals surface area contributed by atoms with Crippen molar-refractivity contribution in [3.05, 3.63) is 19.2 Å². The lowest BCUT2D eigenvalue weighted by Crippen LogP contribution is -2.23. The minimum Gasteiger partial charge on any atom is -0.351 e. The molecule has 1 rings (SSSR count). The van der Waals surface area contributed by atoms with Gasteiger partial charge in [-0.2, -0.15) is 0 Å². The van der Waals surface area contributed by atoms with Crippen molar-refractivity contribution in [3.63, 3.8) is 0 Å². The third-order valence-corrected chi connectivity index (χ3v) is 4.99. The summed E-state index contributed by atoms with van der Waals surface area (Å²) in [6.07, 6.45) is 0.793. The summed E-state index contributed by atoms with van der Waals surface area (Å²) in [5.41, 5.74) is 0. The van der Waals surface area contributed by atoms with Crippen LogP contribution in [0.4, 0.5) is 0 Å². The minimum absolute atomic E-state index is 0.0495. The van der Waals surface area contributed by atoms with Gasteiger partial charge in [0.05, 0.1) is 8.66 Å². The number of thiophene rings is 1. The first-order chi connectivity index (χ1) is 6.65. The zero-order valence-corrected chi connectivity index (χ0v) is 11.9. The number of nitrogens with one attached hydrogen (secondary N) is 1. The molecular formula is C8H8Br2ClNOS. The first-order valence-electron chi connectivity index (χ1n) is 3.94. The van der Waals surface area contributed by atoms with Crippen LogP contribution < -0.4 is 5.32 Å². The van der Waals surface area contributed by atoms with E-state index in [1.54, 1.807) is 6.07 Å². The molecule has 0 radical (unpaired) electrons. The molecule has 2 nitrogen and oxygen atoms in total. The van der Waals surface area contributed by atoms with Gasteiger partial charge in [-0.05, 0) is 44.3 Å². The Morgan fingerprint density at radius 1 is 1.57 bits per heavy atom. The van der Waals surface area contributed by atoms with Crippen molar-refractivity contribution >= 4 is 60.7 Å². The summed E-state index contributed by atoms with van der Waals surface area (Å²) >= 11 is 13.6. The first kappa shape index (κ1) is 12.5. The van der Waals surface area contributed by atoms with E-state index < -0.39 is 0 Å².